The van der Waals surface area contributed by atoms with Crippen LogP contribution in [0.15, 0.2) is 42.2 Å². The van der Waals surface area contributed by atoms with E-state index in [0.29, 0.717) is 28.2 Å². The molecule has 0 atom stereocenters. The predicted octanol–water partition coefficient (Wildman–Crippen LogP) is 3.68. The van der Waals surface area contributed by atoms with Gasteiger partial charge in [0.05, 0.1) is 5.56 Å². The largest absolute Gasteiger partial charge is 0.452 e. The Kier molecular flexibility index (Phi) is 3.70. The van der Waals surface area contributed by atoms with Crippen LogP contribution in [0.25, 0.3) is 6.08 Å². The average molecular weight is 312 g/mol. The number of ketones is 1. The summed E-state index contributed by atoms with van der Waals surface area (Å²) in [5, 5.41) is 0. The third kappa shape index (κ3) is 2.85. The number of halogens is 1. The fourth-order valence-corrected chi connectivity index (χ4v) is 2.34. The van der Waals surface area contributed by atoms with Crippen molar-refractivity contribution in [1.82, 2.24) is 0 Å². The van der Waals surface area contributed by atoms with E-state index in [9.17, 15) is 14.0 Å². The van der Waals surface area contributed by atoms with Crippen molar-refractivity contribution in [2.75, 3.05) is 0 Å². The molecule has 116 valence electrons. The minimum atomic E-state index is -0.445. The van der Waals surface area contributed by atoms with Crippen molar-refractivity contribution in [3.8, 4) is 11.5 Å². The zero-order valence-corrected chi connectivity index (χ0v) is 12.6. The molecule has 0 saturated heterocycles. The lowest BCUT2D eigenvalue weighted by Gasteiger charge is -2.08. The Morgan fingerprint density at radius 2 is 1.87 bits per heavy atom. The molecule has 2 aromatic rings. The first-order valence-corrected chi connectivity index (χ1v) is 6.97. The van der Waals surface area contributed by atoms with Crippen LogP contribution in [0.5, 0.6) is 11.5 Å². The highest BCUT2D eigenvalue weighted by atomic mass is 19.1. The van der Waals surface area contributed by atoms with Crippen molar-refractivity contribution >= 4 is 17.8 Å². The molecular formula is C18H13FO4. The van der Waals surface area contributed by atoms with Crippen molar-refractivity contribution in [3.63, 3.8) is 0 Å². The fourth-order valence-electron chi connectivity index (χ4n) is 2.34. The number of hydrogen-bond acceptors (Lipinski definition) is 4. The van der Waals surface area contributed by atoms with Gasteiger partial charge in [-0.05, 0) is 42.8 Å². The third-order valence-corrected chi connectivity index (χ3v) is 3.46. The lowest BCUT2D eigenvalue weighted by molar-refractivity contribution is -0.131. The SMILES string of the molecule is CC(=O)Oc1ccc2c(c1C)O/C(=C\c1ccc(F)cc1)C2=O. The van der Waals surface area contributed by atoms with E-state index in [1.165, 1.54) is 19.1 Å². The number of benzene rings is 2. The molecule has 0 aromatic heterocycles. The second-order valence-corrected chi connectivity index (χ2v) is 5.15. The highest BCUT2D eigenvalue weighted by Crippen LogP contribution is 2.39. The molecule has 0 spiro atoms. The van der Waals surface area contributed by atoms with Crippen molar-refractivity contribution in [3.05, 3.63) is 64.7 Å². The first kappa shape index (κ1) is 15.0. The molecule has 5 heteroatoms. The van der Waals surface area contributed by atoms with Gasteiger partial charge in [0.15, 0.2) is 5.76 Å². The van der Waals surface area contributed by atoms with Gasteiger partial charge in [0, 0.05) is 12.5 Å². The zero-order chi connectivity index (χ0) is 16.6. The summed E-state index contributed by atoms with van der Waals surface area (Å²) in [6, 6.07) is 8.86. The first-order valence-electron chi connectivity index (χ1n) is 6.97. The van der Waals surface area contributed by atoms with Gasteiger partial charge in [0.1, 0.15) is 17.3 Å². The average Bonchev–Trinajstić information content (AvgIpc) is 2.82. The number of rotatable bonds is 2. The smallest absolute Gasteiger partial charge is 0.308 e. The van der Waals surface area contributed by atoms with Gasteiger partial charge in [-0.3, -0.25) is 9.59 Å². The minimum absolute atomic E-state index is 0.148. The number of ether oxygens (including phenoxy) is 2. The quantitative estimate of drug-likeness (QED) is 0.482. The summed E-state index contributed by atoms with van der Waals surface area (Å²) in [6.45, 7) is 3.02. The van der Waals surface area contributed by atoms with Crippen LogP contribution in [0.3, 0.4) is 0 Å². The second kappa shape index (κ2) is 5.68. The maximum absolute atomic E-state index is 12.9. The molecule has 0 bridgehead atoms. The number of esters is 1. The number of allylic oxidation sites excluding steroid dienone is 1. The fraction of sp³-hybridized carbons (Fsp3) is 0.111. The molecule has 0 aliphatic carbocycles. The second-order valence-electron chi connectivity index (χ2n) is 5.15. The molecule has 0 radical (unpaired) electrons. The third-order valence-electron chi connectivity index (χ3n) is 3.46. The van der Waals surface area contributed by atoms with E-state index in [0.717, 1.165) is 0 Å². The molecule has 0 amide bonds. The molecule has 1 aliphatic rings. The van der Waals surface area contributed by atoms with Crippen molar-refractivity contribution in [2.24, 2.45) is 0 Å². The molecule has 4 nitrogen and oxygen atoms in total. The summed E-state index contributed by atoms with van der Waals surface area (Å²) in [6.07, 6.45) is 1.55. The molecule has 0 N–H and O–H groups in total. The summed E-state index contributed by atoms with van der Waals surface area (Å²) < 4.78 is 23.6. The number of carbonyl (C=O) groups is 2. The molecule has 0 fully saturated rings. The van der Waals surface area contributed by atoms with Crippen LogP contribution >= 0.6 is 0 Å². The van der Waals surface area contributed by atoms with Gasteiger partial charge in [-0.15, -0.1) is 0 Å². The van der Waals surface area contributed by atoms with Crippen molar-refractivity contribution in [2.45, 2.75) is 13.8 Å². The first-order chi connectivity index (χ1) is 11.0. The summed E-state index contributed by atoms with van der Waals surface area (Å²) in [5.74, 6) is -0.180. The molecule has 1 heterocycles. The predicted molar refractivity (Wildman–Crippen MR) is 81.8 cm³/mol. The molecule has 1 aliphatic heterocycles. The van der Waals surface area contributed by atoms with E-state index in [2.05, 4.69) is 0 Å². The van der Waals surface area contributed by atoms with Crippen molar-refractivity contribution < 1.29 is 23.5 Å². The van der Waals surface area contributed by atoms with Gasteiger partial charge < -0.3 is 9.47 Å². The molecule has 3 rings (SSSR count). The van der Waals surface area contributed by atoms with Crippen LogP contribution < -0.4 is 9.47 Å². The molecule has 0 saturated carbocycles. The van der Waals surface area contributed by atoms with Gasteiger partial charge >= 0.3 is 5.97 Å². The molecule has 2 aromatic carbocycles. The highest BCUT2D eigenvalue weighted by Gasteiger charge is 2.30. The number of fused-ring (bicyclic) bond motifs is 1. The topological polar surface area (TPSA) is 52.6 Å². The van der Waals surface area contributed by atoms with Gasteiger partial charge in [-0.2, -0.15) is 0 Å². The Bertz CT molecular complexity index is 835. The van der Waals surface area contributed by atoms with Crippen LogP contribution in [0.2, 0.25) is 0 Å². The zero-order valence-electron chi connectivity index (χ0n) is 12.6. The van der Waals surface area contributed by atoms with Gasteiger partial charge in [0.25, 0.3) is 0 Å². The van der Waals surface area contributed by atoms with E-state index in [1.54, 1.807) is 37.3 Å². The Morgan fingerprint density at radius 1 is 1.17 bits per heavy atom. The number of carbonyl (C=O) groups excluding carboxylic acids is 2. The molecule has 23 heavy (non-hydrogen) atoms. The van der Waals surface area contributed by atoms with E-state index in [1.807, 2.05) is 0 Å². The summed E-state index contributed by atoms with van der Waals surface area (Å²) in [5.41, 5.74) is 1.64. The van der Waals surface area contributed by atoms with Crippen LogP contribution in [0, 0.1) is 12.7 Å². The lowest BCUT2D eigenvalue weighted by Crippen LogP contribution is -2.03. The molecule has 0 unspecified atom stereocenters. The lowest BCUT2D eigenvalue weighted by atomic mass is 10.1. The van der Waals surface area contributed by atoms with Crippen LogP contribution in [0.1, 0.15) is 28.4 Å². The van der Waals surface area contributed by atoms with Crippen molar-refractivity contribution in [1.29, 1.82) is 0 Å². The Morgan fingerprint density at radius 3 is 2.52 bits per heavy atom. The van der Waals surface area contributed by atoms with Crippen LogP contribution in [-0.4, -0.2) is 11.8 Å². The van der Waals surface area contributed by atoms with E-state index >= 15 is 0 Å². The highest BCUT2D eigenvalue weighted by molar-refractivity contribution is 6.15. The summed E-state index contributed by atoms with van der Waals surface area (Å²) in [4.78, 5) is 23.5. The maximum atomic E-state index is 12.9. The Labute approximate surface area is 132 Å². The normalized spacial score (nSPS) is 14.6. The summed E-state index contributed by atoms with van der Waals surface area (Å²) >= 11 is 0. The Hall–Kier alpha value is -2.95. The Balaban J connectivity index is 1.97. The maximum Gasteiger partial charge on any atom is 0.308 e. The summed E-state index contributed by atoms with van der Waals surface area (Å²) in [7, 11) is 0. The van der Waals surface area contributed by atoms with Crippen LogP contribution in [0.4, 0.5) is 4.39 Å². The van der Waals surface area contributed by atoms with Gasteiger partial charge in [0.2, 0.25) is 5.78 Å². The number of Topliss-reactive ketones (excluding diaryl/α,β-unsaturated/α-hetero) is 1. The standard InChI is InChI=1S/C18H13FO4/c1-10-15(22-11(2)20)8-7-14-17(21)16(23-18(10)14)9-12-3-5-13(19)6-4-12/h3-9H,1-2H3/b16-9-. The molecular weight excluding hydrogens is 299 g/mol. The number of hydrogen-bond donors (Lipinski definition) is 0. The van der Waals surface area contributed by atoms with Gasteiger partial charge in [-0.1, -0.05) is 12.1 Å². The monoisotopic (exact) mass is 312 g/mol. The van der Waals surface area contributed by atoms with E-state index in [-0.39, 0.29) is 17.4 Å². The van der Waals surface area contributed by atoms with E-state index in [4.69, 9.17) is 9.47 Å². The van der Waals surface area contributed by atoms with Gasteiger partial charge in [-0.25, -0.2) is 4.39 Å². The minimum Gasteiger partial charge on any atom is -0.452 e. The van der Waals surface area contributed by atoms with Crippen LogP contribution in [-0.2, 0) is 4.79 Å². The van der Waals surface area contributed by atoms with E-state index < -0.39 is 5.97 Å².